The van der Waals surface area contributed by atoms with Gasteiger partial charge in [-0.05, 0) is 36.7 Å². The second kappa shape index (κ2) is 5.85. The number of hydrogen-bond acceptors (Lipinski definition) is 2. The van der Waals surface area contributed by atoms with Crippen molar-refractivity contribution in [3.63, 3.8) is 0 Å². The summed E-state index contributed by atoms with van der Waals surface area (Å²) < 4.78 is 6.19. The van der Waals surface area contributed by atoms with Gasteiger partial charge in [-0.15, -0.1) is 0 Å². The summed E-state index contributed by atoms with van der Waals surface area (Å²) in [6.07, 6.45) is 5.27. The third-order valence-electron chi connectivity index (χ3n) is 4.03. The molecule has 1 aliphatic carbocycles. The molecule has 0 spiro atoms. The van der Waals surface area contributed by atoms with Crippen molar-refractivity contribution >= 4 is 0 Å². The molecular weight excluding hydrogens is 222 g/mol. The van der Waals surface area contributed by atoms with Gasteiger partial charge in [0.25, 0.3) is 0 Å². The zero-order chi connectivity index (χ0) is 13.0. The minimum atomic E-state index is 0.0532. The zero-order valence-corrected chi connectivity index (χ0v) is 11.6. The number of nitrogens with two attached hydrogens (primary N) is 1. The molecule has 0 heterocycles. The molecular formula is C16H25NO. The van der Waals surface area contributed by atoms with Crippen molar-refractivity contribution in [2.45, 2.75) is 51.7 Å². The van der Waals surface area contributed by atoms with Crippen molar-refractivity contribution in [3.05, 3.63) is 35.9 Å². The minimum Gasteiger partial charge on any atom is -0.369 e. The van der Waals surface area contributed by atoms with E-state index in [1.54, 1.807) is 0 Å². The molecule has 0 radical (unpaired) electrons. The van der Waals surface area contributed by atoms with Gasteiger partial charge in [-0.3, -0.25) is 0 Å². The Morgan fingerprint density at radius 1 is 1.22 bits per heavy atom. The fraction of sp³-hybridized carbons (Fsp3) is 0.625. The maximum absolute atomic E-state index is 6.19. The van der Waals surface area contributed by atoms with E-state index in [1.807, 2.05) is 18.2 Å². The molecule has 1 fully saturated rings. The molecule has 2 heteroatoms. The van der Waals surface area contributed by atoms with Gasteiger partial charge in [0.1, 0.15) is 0 Å². The first-order chi connectivity index (χ1) is 8.61. The lowest BCUT2D eigenvalue weighted by molar-refractivity contribution is -0.0429. The van der Waals surface area contributed by atoms with Crippen molar-refractivity contribution in [1.82, 2.24) is 0 Å². The third-order valence-corrected chi connectivity index (χ3v) is 4.03. The van der Waals surface area contributed by atoms with E-state index < -0.39 is 0 Å². The highest BCUT2D eigenvalue weighted by molar-refractivity contribution is 5.17. The summed E-state index contributed by atoms with van der Waals surface area (Å²) in [7, 11) is 0. The molecule has 0 saturated heterocycles. The fourth-order valence-corrected chi connectivity index (χ4v) is 2.68. The molecule has 18 heavy (non-hydrogen) atoms. The molecule has 1 atom stereocenters. The molecule has 1 aromatic carbocycles. The summed E-state index contributed by atoms with van der Waals surface area (Å²) in [6, 6.07) is 10.3. The topological polar surface area (TPSA) is 35.2 Å². The zero-order valence-electron chi connectivity index (χ0n) is 11.6. The van der Waals surface area contributed by atoms with Crippen LogP contribution in [0.4, 0.5) is 0 Å². The molecule has 0 amide bonds. The van der Waals surface area contributed by atoms with Gasteiger partial charge in [0.15, 0.2) is 0 Å². The molecule has 1 unspecified atom stereocenters. The summed E-state index contributed by atoms with van der Waals surface area (Å²) in [4.78, 5) is 0. The van der Waals surface area contributed by atoms with E-state index in [9.17, 15) is 0 Å². The highest BCUT2D eigenvalue weighted by Gasteiger charge is 2.28. The van der Waals surface area contributed by atoms with E-state index in [2.05, 4.69) is 26.0 Å². The van der Waals surface area contributed by atoms with Crippen LogP contribution in [-0.4, -0.2) is 12.6 Å². The standard InChI is InChI=1S/C16H25NO/c1-16(2)10-8-14(9-11-16)18-15(12-17)13-6-4-3-5-7-13/h3-7,14-15H,8-12,17H2,1-2H3. The summed E-state index contributed by atoms with van der Waals surface area (Å²) in [5, 5.41) is 0. The summed E-state index contributed by atoms with van der Waals surface area (Å²) in [5.74, 6) is 0. The van der Waals surface area contributed by atoms with Crippen LogP contribution in [0, 0.1) is 5.41 Å². The van der Waals surface area contributed by atoms with Gasteiger partial charge in [-0.25, -0.2) is 0 Å². The van der Waals surface area contributed by atoms with Gasteiger partial charge in [-0.1, -0.05) is 44.2 Å². The average Bonchev–Trinajstić information content (AvgIpc) is 2.39. The molecule has 2 N–H and O–H groups in total. The average molecular weight is 247 g/mol. The van der Waals surface area contributed by atoms with Crippen LogP contribution in [0.15, 0.2) is 30.3 Å². The summed E-state index contributed by atoms with van der Waals surface area (Å²) >= 11 is 0. The Kier molecular flexibility index (Phi) is 4.41. The summed E-state index contributed by atoms with van der Waals surface area (Å²) in [5.41, 5.74) is 7.54. The van der Waals surface area contributed by atoms with Crippen LogP contribution in [0.25, 0.3) is 0 Å². The maximum atomic E-state index is 6.19. The molecule has 1 aromatic rings. The van der Waals surface area contributed by atoms with Crippen LogP contribution in [0.5, 0.6) is 0 Å². The Hall–Kier alpha value is -0.860. The van der Waals surface area contributed by atoms with Crippen molar-refractivity contribution in [3.8, 4) is 0 Å². The quantitative estimate of drug-likeness (QED) is 0.881. The normalized spacial score (nSPS) is 21.7. The van der Waals surface area contributed by atoms with E-state index in [1.165, 1.54) is 18.4 Å². The van der Waals surface area contributed by atoms with Gasteiger partial charge < -0.3 is 10.5 Å². The smallest absolute Gasteiger partial charge is 0.0950 e. The summed E-state index contributed by atoms with van der Waals surface area (Å²) in [6.45, 7) is 5.26. The second-order valence-corrected chi connectivity index (χ2v) is 6.13. The van der Waals surface area contributed by atoms with Crippen LogP contribution in [0.3, 0.4) is 0 Å². The van der Waals surface area contributed by atoms with Crippen molar-refractivity contribution in [1.29, 1.82) is 0 Å². The Bertz CT molecular complexity index is 351. The van der Waals surface area contributed by atoms with E-state index in [-0.39, 0.29) is 6.10 Å². The Morgan fingerprint density at radius 2 is 1.83 bits per heavy atom. The fourth-order valence-electron chi connectivity index (χ4n) is 2.68. The van der Waals surface area contributed by atoms with Gasteiger partial charge >= 0.3 is 0 Å². The first kappa shape index (κ1) is 13.6. The van der Waals surface area contributed by atoms with Gasteiger partial charge in [0.2, 0.25) is 0 Å². The molecule has 2 nitrogen and oxygen atoms in total. The van der Waals surface area contributed by atoms with E-state index >= 15 is 0 Å². The largest absolute Gasteiger partial charge is 0.369 e. The highest BCUT2D eigenvalue weighted by Crippen LogP contribution is 2.37. The molecule has 1 aliphatic rings. The lowest BCUT2D eigenvalue weighted by atomic mass is 9.76. The first-order valence-electron chi connectivity index (χ1n) is 7.01. The predicted octanol–water partition coefficient (Wildman–Crippen LogP) is 3.67. The van der Waals surface area contributed by atoms with Crippen LogP contribution in [-0.2, 0) is 4.74 Å². The molecule has 1 saturated carbocycles. The van der Waals surface area contributed by atoms with E-state index in [0.29, 0.717) is 18.1 Å². The lowest BCUT2D eigenvalue weighted by Crippen LogP contribution is -2.29. The number of benzene rings is 1. The van der Waals surface area contributed by atoms with Crippen LogP contribution in [0.1, 0.15) is 51.2 Å². The third kappa shape index (κ3) is 3.56. The van der Waals surface area contributed by atoms with E-state index in [0.717, 1.165) is 12.8 Å². The van der Waals surface area contributed by atoms with Crippen molar-refractivity contribution in [2.24, 2.45) is 11.1 Å². The van der Waals surface area contributed by atoms with Crippen LogP contribution >= 0.6 is 0 Å². The van der Waals surface area contributed by atoms with Crippen molar-refractivity contribution in [2.75, 3.05) is 6.54 Å². The monoisotopic (exact) mass is 247 g/mol. The number of rotatable bonds is 4. The minimum absolute atomic E-state index is 0.0532. The van der Waals surface area contributed by atoms with E-state index in [4.69, 9.17) is 10.5 Å². The maximum Gasteiger partial charge on any atom is 0.0950 e. The molecule has 0 aliphatic heterocycles. The predicted molar refractivity (Wildman–Crippen MR) is 75.4 cm³/mol. The molecule has 2 rings (SSSR count). The highest BCUT2D eigenvalue weighted by atomic mass is 16.5. The lowest BCUT2D eigenvalue weighted by Gasteiger charge is -2.35. The van der Waals surface area contributed by atoms with Gasteiger partial charge in [-0.2, -0.15) is 0 Å². The molecule has 100 valence electrons. The SMILES string of the molecule is CC1(C)CCC(OC(CN)c2ccccc2)CC1. The number of ether oxygens (including phenoxy) is 1. The van der Waals surface area contributed by atoms with Gasteiger partial charge in [0, 0.05) is 6.54 Å². The van der Waals surface area contributed by atoms with Crippen LogP contribution < -0.4 is 5.73 Å². The molecule has 0 aromatic heterocycles. The van der Waals surface area contributed by atoms with Gasteiger partial charge in [0.05, 0.1) is 12.2 Å². The molecule has 0 bridgehead atoms. The first-order valence-corrected chi connectivity index (χ1v) is 7.01. The van der Waals surface area contributed by atoms with Crippen LogP contribution in [0.2, 0.25) is 0 Å². The Labute approximate surface area is 111 Å². The Morgan fingerprint density at radius 3 is 2.39 bits per heavy atom. The van der Waals surface area contributed by atoms with Crippen molar-refractivity contribution < 1.29 is 4.74 Å². The number of hydrogen-bond donors (Lipinski definition) is 1. The second-order valence-electron chi connectivity index (χ2n) is 6.13. The Balaban J connectivity index is 1.92.